The number of amides is 3. The van der Waals surface area contributed by atoms with Crippen LogP contribution in [0.15, 0.2) is 24.6 Å². The van der Waals surface area contributed by atoms with Crippen LogP contribution in [0, 0.1) is 23.7 Å². The Balaban J connectivity index is 1.29. The number of hydrogen-bond donors (Lipinski definition) is 5. The van der Waals surface area contributed by atoms with E-state index >= 15 is 8.78 Å². The van der Waals surface area contributed by atoms with E-state index in [1.165, 1.54) is 6.08 Å². The number of urea groups is 1. The van der Waals surface area contributed by atoms with E-state index in [0.717, 1.165) is 37.9 Å². The van der Waals surface area contributed by atoms with Crippen molar-refractivity contribution in [2.24, 2.45) is 23.7 Å². The molecular weight excluding hydrogens is 580 g/mol. The van der Waals surface area contributed by atoms with Gasteiger partial charge in [0.2, 0.25) is 5.91 Å². The number of hydrazine groups is 2. The Morgan fingerprint density at radius 1 is 1.13 bits per heavy atom. The highest BCUT2D eigenvalue weighted by atomic mass is 19.1. The molecule has 5 N–H and O–H groups in total. The second kappa shape index (κ2) is 12.3. The fourth-order valence-electron chi connectivity index (χ4n) is 9.84. The molecule has 12 atom stereocenters. The van der Waals surface area contributed by atoms with Crippen molar-refractivity contribution in [2.75, 3.05) is 26.2 Å². The highest BCUT2D eigenvalue weighted by Gasteiger charge is 2.58. The van der Waals surface area contributed by atoms with Gasteiger partial charge in [-0.15, -0.1) is 5.53 Å². The van der Waals surface area contributed by atoms with Crippen molar-refractivity contribution in [3.05, 3.63) is 24.6 Å². The first-order chi connectivity index (χ1) is 21.7. The van der Waals surface area contributed by atoms with Gasteiger partial charge in [-0.05, 0) is 69.9 Å². The Morgan fingerprint density at radius 2 is 1.96 bits per heavy atom. The van der Waals surface area contributed by atoms with Crippen LogP contribution in [0.2, 0.25) is 0 Å². The first kappa shape index (κ1) is 31.1. The van der Waals surface area contributed by atoms with Gasteiger partial charge >= 0.3 is 6.03 Å². The van der Waals surface area contributed by atoms with Gasteiger partial charge in [0.05, 0.1) is 24.4 Å². The lowest BCUT2D eigenvalue weighted by atomic mass is 9.71. The van der Waals surface area contributed by atoms with E-state index in [-0.39, 0.29) is 60.3 Å². The quantitative estimate of drug-likeness (QED) is 0.301. The number of hydrogen-bond acceptors (Lipinski definition) is 8. The van der Waals surface area contributed by atoms with Crippen LogP contribution in [0.4, 0.5) is 13.6 Å². The summed E-state index contributed by atoms with van der Waals surface area (Å²) in [5, 5.41) is 12.7. The number of halogens is 2. The first-order valence-electron chi connectivity index (χ1n) is 17.2. The normalized spacial score (nSPS) is 43.6. The summed E-state index contributed by atoms with van der Waals surface area (Å²) in [6, 6.07) is -1.24. The molecule has 0 aromatic rings. The van der Waals surface area contributed by atoms with Gasteiger partial charge in [-0.3, -0.25) is 20.0 Å². The van der Waals surface area contributed by atoms with Crippen LogP contribution < -0.4 is 26.9 Å². The Morgan fingerprint density at radius 3 is 2.71 bits per heavy atom. The standard InChI is InChI=1S/C32H51F2N9O2/c1-5-25(44)40-11-12-41(18(4)15-40)30-21-14-23(34)28-26-22(33)7-6-8-24(26)42-16-20(38-39-42)13-19-9-10-35-27(17(2)3)29(19)43(31(21)36-28)32(45)37-30/h5,16-19,21-24,26-31,35-36,38-39H,1,6-15H2,2-4H3,(H,37,45)/t18-,19?,21?,22?,23?,24?,26?,27?,28?,29?,30?,31?/m0/s1. The van der Waals surface area contributed by atoms with Gasteiger partial charge in [0, 0.05) is 61.5 Å². The number of piperidine rings is 2. The number of fused-ring (bicyclic) bond motifs is 7. The lowest BCUT2D eigenvalue weighted by Gasteiger charge is -2.60. The molecule has 250 valence electrons. The van der Waals surface area contributed by atoms with E-state index in [0.29, 0.717) is 26.1 Å². The van der Waals surface area contributed by atoms with Crippen molar-refractivity contribution in [2.45, 2.75) is 114 Å². The molecule has 4 bridgehead atoms. The third-order valence-electron chi connectivity index (χ3n) is 11.9. The van der Waals surface area contributed by atoms with Crippen molar-refractivity contribution in [1.82, 2.24) is 46.6 Å². The van der Waals surface area contributed by atoms with E-state index in [4.69, 9.17) is 0 Å². The zero-order valence-corrected chi connectivity index (χ0v) is 26.8. The fraction of sp³-hybridized carbons (Fsp3) is 0.812. The molecule has 6 heterocycles. The van der Waals surface area contributed by atoms with Crippen molar-refractivity contribution >= 4 is 11.9 Å². The highest BCUT2D eigenvalue weighted by molar-refractivity contribution is 5.87. The highest BCUT2D eigenvalue weighted by Crippen LogP contribution is 2.44. The van der Waals surface area contributed by atoms with Gasteiger partial charge in [0.15, 0.2) is 0 Å². The molecule has 6 aliphatic heterocycles. The van der Waals surface area contributed by atoms with Crippen LogP contribution in [0.1, 0.15) is 59.3 Å². The van der Waals surface area contributed by atoms with E-state index in [2.05, 4.69) is 65.4 Å². The van der Waals surface area contributed by atoms with E-state index in [1.807, 2.05) is 9.91 Å². The molecule has 0 aromatic heterocycles. The second-order valence-electron chi connectivity index (χ2n) is 14.8. The Labute approximate surface area is 265 Å². The lowest BCUT2D eigenvalue weighted by molar-refractivity contribution is -0.132. The molecule has 1 saturated carbocycles. The maximum Gasteiger partial charge on any atom is 0.320 e. The molecule has 1 aliphatic carbocycles. The molecule has 5 fully saturated rings. The van der Waals surface area contributed by atoms with Crippen LogP contribution in [-0.2, 0) is 4.79 Å². The predicted octanol–water partition coefficient (Wildman–Crippen LogP) is 1.78. The molecule has 0 radical (unpaired) electrons. The Kier molecular flexibility index (Phi) is 8.49. The molecule has 0 aromatic carbocycles. The van der Waals surface area contributed by atoms with Crippen LogP contribution in [-0.4, -0.2) is 113 Å². The number of allylic oxidation sites excluding steroid dienone is 1. The average Bonchev–Trinajstić information content (AvgIpc) is 3.48. The van der Waals surface area contributed by atoms with Crippen molar-refractivity contribution in [3.8, 4) is 0 Å². The summed E-state index contributed by atoms with van der Waals surface area (Å²) in [6.07, 6.45) is 3.93. The molecule has 7 aliphatic rings. The lowest BCUT2D eigenvalue weighted by Crippen LogP contribution is -2.80. The summed E-state index contributed by atoms with van der Waals surface area (Å²) in [7, 11) is 0. The van der Waals surface area contributed by atoms with Gasteiger partial charge < -0.3 is 25.9 Å². The fourth-order valence-corrected chi connectivity index (χ4v) is 9.84. The van der Waals surface area contributed by atoms with Crippen molar-refractivity contribution in [1.29, 1.82) is 0 Å². The Hall–Kier alpha value is -2.48. The van der Waals surface area contributed by atoms with E-state index in [1.54, 1.807) is 4.90 Å². The molecule has 13 heteroatoms. The summed E-state index contributed by atoms with van der Waals surface area (Å²) in [4.78, 5) is 33.0. The van der Waals surface area contributed by atoms with Crippen molar-refractivity contribution in [3.63, 3.8) is 0 Å². The minimum Gasteiger partial charge on any atom is -0.336 e. The summed E-state index contributed by atoms with van der Waals surface area (Å²) in [5.74, 6) is -0.500. The van der Waals surface area contributed by atoms with Crippen molar-refractivity contribution < 1.29 is 18.4 Å². The second-order valence-corrected chi connectivity index (χ2v) is 14.8. The van der Waals surface area contributed by atoms with Crippen LogP contribution in [0.5, 0.6) is 0 Å². The monoisotopic (exact) mass is 631 g/mol. The smallest absolute Gasteiger partial charge is 0.320 e. The van der Waals surface area contributed by atoms with Gasteiger partial charge in [-0.2, -0.15) is 0 Å². The number of rotatable bonds is 3. The molecular formula is C32H51F2N9O2. The molecule has 45 heavy (non-hydrogen) atoms. The van der Waals surface area contributed by atoms with Gasteiger partial charge in [0.1, 0.15) is 12.3 Å². The average molecular weight is 632 g/mol. The Bertz CT molecular complexity index is 1190. The van der Waals surface area contributed by atoms with E-state index in [9.17, 15) is 9.59 Å². The summed E-state index contributed by atoms with van der Waals surface area (Å²) in [5.41, 5.74) is 7.66. The number of alkyl halides is 2. The zero-order valence-electron chi connectivity index (χ0n) is 26.8. The third-order valence-corrected chi connectivity index (χ3v) is 11.9. The maximum absolute atomic E-state index is 16.7. The molecule has 3 amide bonds. The van der Waals surface area contributed by atoms with E-state index < -0.39 is 36.6 Å². The van der Waals surface area contributed by atoms with Gasteiger partial charge in [-0.1, -0.05) is 20.4 Å². The predicted molar refractivity (Wildman–Crippen MR) is 166 cm³/mol. The summed E-state index contributed by atoms with van der Waals surface area (Å²) < 4.78 is 32.8. The molecule has 11 nitrogen and oxygen atoms in total. The summed E-state index contributed by atoms with van der Waals surface area (Å²) >= 11 is 0. The molecule has 4 saturated heterocycles. The first-order valence-corrected chi connectivity index (χ1v) is 17.2. The maximum atomic E-state index is 16.7. The zero-order chi connectivity index (χ0) is 31.6. The number of carbonyl (C=O) groups is 2. The number of piperazine rings is 1. The topological polar surface area (TPSA) is 107 Å². The largest absolute Gasteiger partial charge is 0.336 e. The summed E-state index contributed by atoms with van der Waals surface area (Å²) in [6.45, 7) is 12.5. The third kappa shape index (κ3) is 5.41. The molecule has 0 spiro atoms. The minimum absolute atomic E-state index is 0.0421. The molecule has 7 rings (SSSR count). The number of nitrogens with zero attached hydrogens (tertiary/aromatic N) is 4. The molecule has 11 unspecified atom stereocenters. The van der Waals surface area contributed by atoms with Crippen LogP contribution >= 0.6 is 0 Å². The van der Waals surface area contributed by atoms with Gasteiger partial charge in [0.25, 0.3) is 0 Å². The van der Waals surface area contributed by atoms with Gasteiger partial charge in [-0.25, -0.2) is 13.6 Å². The van der Waals surface area contributed by atoms with Crippen LogP contribution in [0.3, 0.4) is 0 Å². The van der Waals surface area contributed by atoms with Crippen LogP contribution in [0.25, 0.3) is 0 Å². The number of nitrogens with one attached hydrogen (secondary N) is 5. The number of carbonyl (C=O) groups excluding carboxylic acids is 2. The SMILES string of the molecule is C=CC(=O)N1CCN(C2NC(=O)N3C4NC(C(F)CC42)C2C(F)CCCC2N2C=C(CC4CCNC(C(C)C)C43)NN2)[C@@H](C)C1. The minimum atomic E-state index is -1.28.